The summed E-state index contributed by atoms with van der Waals surface area (Å²) in [6.45, 7) is 0. The lowest BCUT2D eigenvalue weighted by atomic mass is 9.91. The molecule has 0 saturated heterocycles. The molecule has 2 N–H and O–H groups in total. The van der Waals surface area contributed by atoms with Gasteiger partial charge in [0.2, 0.25) is 5.60 Å². The molecule has 3 heterocycles. The van der Waals surface area contributed by atoms with Gasteiger partial charge in [-0.05, 0) is 35.9 Å². The smallest absolute Gasteiger partial charge is 0.335 e. The van der Waals surface area contributed by atoms with Crippen molar-refractivity contribution in [2.24, 2.45) is 0 Å². The first-order valence-corrected chi connectivity index (χ1v) is 6.42. The number of carbonyl (C=O) groups is 2. The summed E-state index contributed by atoms with van der Waals surface area (Å²) in [6.07, 6.45) is 1.90. The minimum Gasteiger partial charge on any atom is -0.478 e. The van der Waals surface area contributed by atoms with Crippen LogP contribution in [0.1, 0.15) is 21.5 Å². The van der Waals surface area contributed by atoms with Crippen LogP contribution in [0, 0.1) is 0 Å². The van der Waals surface area contributed by atoms with E-state index in [1.807, 2.05) is 0 Å². The Bertz CT molecular complexity index is 802. The highest BCUT2D eigenvalue weighted by Crippen LogP contribution is 2.47. The van der Waals surface area contributed by atoms with Crippen LogP contribution < -0.4 is 10.1 Å². The van der Waals surface area contributed by atoms with E-state index in [1.54, 1.807) is 30.5 Å². The molecule has 1 unspecified atom stereocenters. The van der Waals surface area contributed by atoms with Gasteiger partial charge in [-0.25, -0.2) is 9.78 Å². The number of carboxylic acid groups (broad SMARTS) is 1. The summed E-state index contributed by atoms with van der Waals surface area (Å²) in [6, 6.07) is 8.15. The number of carboxylic acids is 1. The number of carbonyl (C=O) groups excluding carboxylic acids is 1. The number of amides is 1. The number of benzene rings is 1. The van der Waals surface area contributed by atoms with Gasteiger partial charge < -0.3 is 15.2 Å². The third-order valence-electron chi connectivity index (χ3n) is 3.87. The maximum atomic E-state index is 12.4. The minimum atomic E-state index is -1.14. The molecule has 2 aliphatic rings. The molecule has 6 nitrogen and oxygen atoms in total. The Morgan fingerprint density at radius 3 is 3.05 bits per heavy atom. The lowest BCUT2D eigenvalue weighted by Gasteiger charge is -2.20. The molecule has 1 aromatic heterocycles. The number of fused-ring (bicyclic) bond motifs is 3. The second kappa shape index (κ2) is 3.82. The monoisotopic (exact) mass is 282 g/mol. The molecule has 0 fully saturated rings. The maximum Gasteiger partial charge on any atom is 0.335 e. The Kier molecular flexibility index (Phi) is 2.16. The lowest BCUT2D eigenvalue weighted by Crippen LogP contribution is -2.38. The molecule has 1 amide bonds. The van der Waals surface area contributed by atoms with Crippen molar-refractivity contribution in [3.8, 4) is 5.75 Å². The van der Waals surface area contributed by atoms with Crippen LogP contribution in [0.4, 0.5) is 5.82 Å². The van der Waals surface area contributed by atoms with E-state index in [0.717, 1.165) is 0 Å². The molecule has 0 bridgehead atoms. The van der Waals surface area contributed by atoms with Gasteiger partial charge in [0.1, 0.15) is 11.6 Å². The van der Waals surface area contributed by atoms with Gasteiger partial charge in [0.05, 0.1) is 5.56 Å². The van der Waals surface area contributed by atoms with Crippen molar-refractivity contribution in [2.45, 2.75) is 12.0 Å². The van der Waals surface area contributed by atoms with E-state index < -0.39 is 11.6 Å². The van der Waals surface area contributed by atoms with Crippen LogP contribution in [0.2, 0.25) is 0 Å². The van der Waals surface area contributed by atoms with E-state index in [4.69, 9.17) is 9.84 Å². The van der Waals surface area contributed by atoms with Gasteiger partial charge in [-0.2, -0.15) is 0 Å². The zero-order valence-corrected chi connectivity index (χ0v) is 10.8. The average molecular weight is 282 g/mol. The topological polar surface area (TPSA) is 88.5 Å². The Morgan fingerprint density at radius 1 is 1.38 bits per heavy atom. The number of aromatic carboxylic acids is 1. The number of ether oxygens (including phenoxy) is 1. The van der Waals surface area contributed by atoms with Crippen molar-refractivity contribution in [3.05, 3.63) is 53.2 Å². The summed E-state index contributed by atoms with van der Waals surface area (Å²) in [5, 5.41) is 11.8. The molecule has 1 aromatic carbocycles. The van der Waals surface area contributed by atoms with Gasteiger partial charge in [-0.15, -0.1) is 0 Å². The molecule has 0 radical (unpaired) electrons. The molecule has 2 aliphatic heterocycles. The first kappa shape index (κ1) is 11.9. The van der Waals surface area contributed by atoms with Gasteiger partial charge in [-0.3, -0.25) is 4.79 Å². The summed E-state index contributed by atoms with van der Waals surface area (Å²) >= 11 is 0. The zero-order chi connectivity index (χ0) is 14.6. The number of pyridine rings is 1. The summed E-state index contributed by atoms with van der Waals surface area (Å²) < 4.78 is 5.88. The van der Waals surface area contributed by atoms with Crippen LogP contribution in [0.15, 0.2) is 36.5 Å². The fourth-order valence-electron chi connectivity index (χ4n) is 2.88. The molecule has 104 valence electrons. The molecule has 2 aromatic rings. The zero-order valence-electron chi connectivity index (χ0n) is 10.8. The summed E-state index contributed by atoms with van der Waals surface area (Å²) in [7, 11) is 0. The standard InChI is InChI=1S/C15H10N2O4/c18-13(19)8-3-4-11-9(6-8)7-15(21-11)10-2-1-5-16-12(10)17-14(15)20/h1-6H,7H2,(H,18,19)(H,16,17,20). The Hall–Kier alpha value is -2.89. The summed E-state index contributed by atoms with van der Waals surface area (Å²) in [5.41, 5.74) is 0.437. The Labute approximate surface area is 119 Å². The Morgan fingerprint density at radius 2 is 2.24 bits per heavy atom. The number of rotatable bonds is 1. The van der Waals surface area contributed by atoms with Crippen LogP contribution >= 0.6 is 0 Å². The van der Waals surface area contributed by atoms with Crippen molar-refractivity contribution in [1.29, 1.82) is 0 Å². The second-order valence-electron chi connectivity index (χ2n) is 5.09. The highest BCUT2D eigenvalue weighted by molar-refractivity contribution is 6.05. The largest absolute Gasteiger partial charge is 0.478 e. The van der Waals surface area contributed by atoms with Crippen LogP contribution in [0.25, 0.3) is 0 Å². The van der Waals surface area contributed by atoms with E-state index in [2.05, 4.69) is 10.3 Å². The molecular weight excluding hydrogens is 272 g/mol. The quantitative estimate of drug-likeness (QED) is 0.828. The van der Waals surface area contributed by atoms with E-state index in [0.29, 0.717) is 29.1 Å². The predicted octanol–water partition coefficient (Wildman–Crippen LogP) is 1.56. The molecular formula is C15H10N2O4. The maximum absolute atomic E-state index is 12.4. The lowest BCUT2D eigenvalue weighted by molar-refractivity contribution is -0.129. The third kappa shape index (κ3) is 1.50. The van der Waals surface area contributed by atoms with Crippen LogP contribution in [0.5, 0.6) is 5.75 Å². The Balaban J connectivity index is 1.83. The predicted molar refractivity (Wildman–Crippen MR) is 72.3 cm³/mol. The fraction of sp³-hybridized carbons (Fsp3) is 0.133. The SMILES string of the molecule is O=C(O)c1ccc2c(c1)CC1(O2)C(=O)Nc2ncccc21. The first-order chi connectivity index (χ1) is 10.1. The highest BCUT2D eigenvalue weighted by Gasteiger charge is 2.53. The van der Waals surface area contributed by atoms with Gasteiger partial charge in [-0.1, -0.05) is 0 Å². The third-order valence-corrected chi connectivity index (χ3v) is 3.87. The van der Waals surface area contributed by atoms with E-state index in [1.165, 1.54) is 6.07 Å². The van der Waals surface area contributed by atoms with Gasteiger partial charge in [0.25, 0.3) is 5.91 Å². The van der Waals surface area contributed by atoms with Crippen molar-refractivity contribution in [1.82, 2.24) is 4.98 Å². The fourth-order valence-corrected chi connectivity index (χ4v) is 2.88. The first-order valence-electron chi connectivity index (χ1n) is 6.42. The number of hydrogen-bond donors (Lipinski definition) is 2. The molecule has 6 heteroatoms. The van der Waals surface area contributed by atoms with E-state index >= 15 is 0 Å². The van der Waals surface area contributed by atoms with Crippen LogP contribution in [-0.4, -0.2) is 22.0 Å². The van der Waals surface area contributed by atoms with Crippen LogP contribution in [0.3, 0.4) is 0 Å². The molecule has 0 aliphatic carbocycles. The molecule has 1 spiro atoms. The van der Waals surface area contributed by atoms with Gasteiger partial charge in [0, 0.05) is 18.2 Å². The molecule has 21 heavy (non-hydrogen) atoms. The van der Waals surface area contributed by atoms with Crippen molar-refractivity contribution >= 4 is 17.7 Å². The highest BCUT2D eigenvalue weighted by atomic mass is 16.5. The van der Waals surface area contributed by atoms with E-state index in [9.17, 15) is 9.59 Å². The van der Waals surface area contributed by atoms with Crippen LogP contribution in [-0.2, 0) is 16.8 Å². The number of aromatic nitrogens is 1. The van der Waals surface area contributed by atoms with Crippen molar-refractivity contribution < 1.29 is 19.4 Å². The number of nitrogens with zero attached hydrogens (tertiary/aromatic N) is 1. The number of hydrogen-bond acceptors (Lipinski definition) is 4. The van der Waals surface area contributed by atoms with Crippen molar-refractivity contribution in [3.63, 3.8) is 0 Å². The second-order valence-corrected chi connectivity index (χ2v) is 5.09. The molecule has 1 atom stereocenters. The van der Waals surface area contributed by atoms with E-state index in [-0.39, 0.29) is 11.5 Å². The molecule has 4 rings (SSSR count). The van der Waals surface area contributed by atoms with Gasteiger partial charge >= 0.3 is 5.97 Å². The molecule has 0 saturated carbocycles. The van der Waals surface area contributed by atoms with Gasteiger partial charge in [0.15, 0.2) is 0 Å². The normalized spacial score (nSPS) is 21.6. The summed E-state index contributed by atoms with van der Waals surface area (Å²) in [4.78, 5) is 27.5. The number of anilines is 1. The minimum absolute atomic E-state index is 0.180. The average Bonchev–Trinajstić information content (AvgIpc) is 2.98. The summed E-state index contributed by atoms with van der Waals surface area (Å²) in [5.74, 6) is -0.249. The van der Waals surface area contributed by atoms with Crippen molar-refractivity contribution in [2.75, 3.05) is 5.32 Å². The number of nitrogens with one attached hydrogen (secondary N) is 1.